The lowest BCUT2D eigenvalue weighted by molar-refractivity contribution is -0.145. The van der Waals surface area contributed by atoms with Gasteiger partial charge in [0.15, 0.2) is 0 Å². The minimum Gasteiger partial charge on any atom is -0.481 e. The standard InChI is InChI=1S/C9H15FO4/c1-6(8(11)12)5-7(9(13)14)3-2-4-10/h6-7H,2-5H2,1H3,(H,11,12)(H,13,14)/t6-,7-/m0/s1/i10-1. The van der Waals surface area contributed by atoms with Crippen molar-refractivity contribution < 1.29 is 24.2 Å². The van der Waals surface area contributed by atoms with Crippen LogP contribution in [0, 0.1) is 11.8 Å². The minimum absolute atomic E-state index is 0.0602. The highest BCUT2D eigenvalue weighted by Gasteiger charge is 2.23. The Morgan fingerprint density at radius 2 is 1.86 bits per heavy atom. The van der Waals surface area contributed by atoms with Crippen LogP contribution < -0.4 is 0 Å². The van der Waals surface area contributed by atoms with Crippen LogP contribution in [0.25, 0.3) is 0 Å². The molecule has 82 valence electrons. The Morgan fingerprint density at radius 1 is 1.29 bits per heavy atom. The summed E-state index contributed by atoms with van der Waals surface area (Å²) in [6.07, 6.45) is 0.428. The fourth-order valence-electron chi connectivity index (χ4n) is 1.19. The number of alkyl halides is 1. The molecule has 0 aromatic rings. The number of carbonyl (C=O) groups is 2. The highest BCUT2D eigenvalue weighted by Crippen LogP contribution is 2.18. The number of carboxylic acid groups (broad SMARTS) is 2. The number of aliphatic carboxylic acids is 2. The first-order valence-corrected chi connectivity index (χ1v) is 4.50. The molecule has 0 aliphatic carbocycles. The van der Waals surface area contributed by atoms with E-state index >= 15 is 0 Å². The molecule has 14 heavy (non-hydrogen) atoms. The molecule has 0 heterocycles. The predicted molar refractivity (Wildman–Crippen MR) is 47.8 cm³/mol. The van der Waals surface area contributed by atoms with E-state index in [0.29, 0.717) is 0 Å². The first-order chi connectivity index (χ1) is 6.49. The second-order valence-corrected chi connectivity index (χ2v) is 3.34. The zero-order valence-corrected chi connectivity index (χ0v) is 8.07. The number of rotatable bonds is 7. The van der Waals surface area contributed by atoms with Gasteiger partial charge in [0.25, 0.3) is 0 Å². The summed E-state index contributed by atoms with van der Waals surface area (Å²) in [4.78, 5) is 21.1. The highest BCUT2D eigenvalue weighted by molar-refractivity contribution is 5.73. The van der Waals surface area contributed by atoms with Gasteiger partial charge in [-0.3, -0.25) is 14.0 Å². The van der Waals surface area contributed by atoms with Crippen LogP contribution >= 0.6 is 0 Å². The van der Waals surface area contributed by atoms with E-state index in [1.807, 2.05) is 0 Å². The van der Waals surface area contributed by atoms with E-state index in [9.17, 15) is 14.0 Å². The third-order valence-electron chi connectivity index (χ3n) is 2.10. The molecule has 0 fully saturated rings. The summed E-state index contributed by atoms with van der Waals surface area (Å²) in [5, 5.41) is 17.3. The van der Waals surface area contributed by atoms with Crippen LogP contribution in [-0.4, -0.2) is 28.8 Å². The molecule has 0 amide bonds. The van der Waals surface area contributed by atoms with E-state index in [1.165, 1.54) is 6.92 Å². The molecule has 0 rings (SSSR count). The Balaban J connectivity index is 4.08. The number of carboxylic acids is 2. The molecule has 0 bridgehead atoms. The topological polar surface area (TPSA) is 74.6 Å². The van der Waals surface area contributed by atoms with Crippen molar-refractivity contribution >= 4 is 11.9 Å². The lowest BCUT2D eigenvalue weighted by Gasteiger charge is -2.13. The Bertz CT molecular complexity index is 205. The fourth-order valence-corrected chi connectivity index (χ4v) is 1.19. The van der Waals surface area contributed by atoms with Crippen molar-refractivity contribution in [3.63, 3.8) is 0 Å². The molecule has 0 saturated carbocycles. The maximum atomic E-state index is 11.8. The van der Waals surface area contributed by atoms with Crippen molar-refractivity contribution in [1.82, 2.24) is 0 Å². The van der Waals surface area contributed by atoms with Gasteiger partial charge in [-0.25, -0.2) is 0 Å². The summed E-state index contributed by atoms with van der Waals surface area (Å²) in [6.45, 7) is 0.888. The smallest absolute Gasteiger partial charge is 0.306 e. The summed E-state index contributed by atoms with van der Waals surface area (Å²) in [5.41, 5.74) is 0. The first-order valence-electron chi connectivity index (χ1n) is 4.50. The molecule has 0 aliphatic rings. The van der Waals surface area contributed by atoms with Crippen molar-refractivity contribution in [2.45, 2.75) is 26.2 Å². The molecule has 0 saturated heterocycles. The zero-order valence-electron chi connectivity index (χ0n) is 8.07. The van der Waals surface area contributed by atoms with Crippen molar-refractivity contribution in [2.24, 2.45) is 11.8 Å². The van der Waals surface area contributed by atoms with Crippen LogP contribution in [0.5, 0.6) is 0 Å². The SMILES string of the molecule is C[C@@H](C[C@H](CCC[18F])C(=O)O)C(=O)O. The molecule has 5 heteroatoms. The normalized spacial score (nSPS) is 14.7. The largest absolute Gasteiger partial charge is 0.481 e. The summed E-state index contributed by atoms with van der Waals surface area (Å²) < 4.78 is 11.8. The monoisotopic (exact) mass is 205 g/mol. The molecule has 0 unspecified atom stereocenters. The third-order valence-corrected chi connectivity index (χ3v) is 2.10. The Morgan fingerprint density at radius 3 is 2.21 bits per heavy atom. The molecule has 4 nitrogen and oxygen atoms in total. The fraction of sp³-hybridized carbons (Fsp3) is 0.778. The molecular weight excluding hydrogens is 190 g/mol. The van der Waals surface area contributed by atoms with Gasteiger partial charge in [-0.2, -0.15) is 0 Å². The van der Waals surface area contributed by atoms with Crippen molar-refractivity contribution in [1.29, 1.82) is 0 Å². The summed E-state index contributed by atoms with van der Waals surface area (Å²) >= 11 is 0. The maximum absolute atomic E-state index is 11.8. The molecule has 0 spiro atoms. The van der Waals surface area contributed by atoms with Gasteiger partial charge < -0.3 is 10.2 Å². The van der Waals surface area contributed by atoms with Gasteiger partial charge in [-0.1, -0.05) is 6.92 Å². The second kappa shape index (κ2) is 6.34. The maximum Gasteiger partial charge on any atom is 0.306 e. The second-order valence-electron chi connectivity index (χ2n) is 3.34. The molecular formula is C9H15FO4. The molecule has 2 N–H and O–H groups in total. The Labute approximate surface area is 81.7 Å². The van der Waals surface area contributed by atoms with Crippen LogP contribution in [0.1, 0.15) is 26.2 Å². The van der Waals surface area contributed by atoms with E-state index in [0.717, 1.165) is 0 Å². The van der Waals surface area contributed by atoms with Crippen molar-refractivity contribution in [3.8, 4) is 0 Å². The average molecular weight is 205 g/mol. The number of hydrogen-bond acceptors (Lipinski definition) is 2. The molecule has 2 atom stereocenters. The predicted octanol–water partition coefficient (Wildman–Crippen LogP) is 1.55. The summed E-state index contributed by atoms with van der Waals surface area (Å²) in [6, 6.07) is 0. The van der Waals surface area contributed by atoms with E-state index in [4.69, 9.17) is 10.2 Å². The highest BCUT2D eigenvalue weighted by atomic mass is 18.2. The molecule has 0 aromatic carbocycles. The van der Waals surface area contributed by atoms with Gasteiger partial charge in [0.2, 0.25) is 0 Å². The Hall–Kier alpha value is -1.13. The minimum atomic E-state index is -1.05. The molecule has 0 radical (unpaired) electrons. The number of halogens is 1. The van der Waals surface area contributed by atoms with Gasteiger partial charge in [0, 0.05) is 0 Å². The number of hydrogen-bond donors (Lipinski definition) is 2. The van der Waals surface area contributed by atoms with E-state index < -0.39 is 30.4 Å². The molecule has 0 aromatic heterocycles. The summed E-state index contributed by atoms with van der Waals surface area (Å²) in [7, 11) is 0. The lowest BCUT2D eigenvalue weighted by Crippen LogP contribution is -2.21. The zero-order chi connectivity index (χ0) is 11.1. The van der Waals surface area contributed by atoms with Crippen LogP contribution in [0.15, 0.2) is 0 Å². The van der Waals surface area contributed by atoms with Crippen LogP contribution in [-0.2, 0) is 9.59 Å². The third kappa shape index (κ3) is 4.79. The van der Waals surface area contributed by atoms with Crippen LogP contribution in [0.3, 0.4) is 0 Å². The van der Waals surface area contributed by atoms with Gasteiger partial charge in [0.05, 0.1) is 18.5 Å². The van der Waals surface area contributed by atoms with Gasteiger partial charge in [-0.15, -0.1) is 0 Å². The summed E-state index contributed by atoms with van der Waals surface area (Å²) in [5.74, 6) is -3.52. The van der Waals surface area contributed by atoms with Crippen molar-refractivity contribution in [3.05, 3.63) is 0 Å². The van der Waals surface area contributed by atoms with Gasteiger partial charge in [-0.05, 0) is 19.3 Å². The van der Waals surface area contributed by atoms with E-state index in [1.54, 1.807) is 0 Å². The van der Waals surface area contributed by atoms with E-state index in [2.05, 4.69) is 0 Å². The first kappa shape index (κ1) is 12.9. The van der Waals surface area contributed by atoms with Crippen LogP contribution in [0.2, 0.25) is 0 Å². The lowest BCUT2D eigenvalue weighted by atomic mass is 9.92. The quantitative estimate of drug-likeness (QED) is 0.661. The van der Waals surface area contributed by atoms with E-state index in [-0.39, 0.29) is 19.3 Å². The van der Waals surface area contributed by atoms with Gasteiger partial charge in [0.1, 0.15) is 0 Å². The van der Waals surface area contributed by atoms with Crippen molar-refractivity contribution in [2.75, 3.05) is 6.67 Å². The average Bonchev–Trinajstić information content (AvgIpc) is 2.10. The van der Waals surface area contributed by atoms with Crippen LogP contribution in [0.4, 0.5) is 4.39 Å². The molecule has 0 aliphatic heterocycles. The van der Waals surface area contributed by atoms with Gasteiger partial charge >= 0.3 is 11.9 Å². The Kier molecular flexibility index (Phi) is 5.83.